The van der Waals surface area contributed by atoms with Gasteiger partial charge < -0.3 is 9.73 Å². The minimum atomic E-state index is -0.216. The Kier molecular flexibility index (Phi) is 5.59. The van der Waals surface area contributed by atoms with Crippen LogP contribution in [0, 0.1) is 6.92 Å². The number of aromatic nitrogens is 1. The summed E-state index contributed by atoms with van der Waals surface area (Å²) in [6, 6.07) is 1.99. The van der Waals surface area contributed by atoms with Crippen molar-refractivity contribution in [2.75, 3.05) is 13.1 Å². The summed E-state index contributed by atoms with van der Waals surface area (Å²) in [5.41, 5.74) is 1.67. The molecule has 0 radical (unpaired) electrons. The normalized spacial score (nSPS) is 11.9. The van der Waals surface area contributed by atoms with E-state index in [1.165, 1.54) is 0 Å². The average Bonchev–Trinajstić information content (AvgIpc) is 3.06. The second-order valence-electron chi connectivity index (χ2n) is 6.64. The van der Waals surface area contributed by atoms with Gasteiger partial charge in [0.25, 0.3) is 0 Å². The molecule has 2 aromatic heterocycles. The summed E-state index contributed by atoms with van der Waals surface area (Å²) in [6.07, 6.45) is 0. The lowest BCUT2D eigenvalue weighted by Crippen LogP contribution is -2.45. The lowest BCUT2D eigenvalue weighted by Gasteiger charge is -2.24. The third-order valence-electron chi connectivity index (χ3n) is 3.36. The van der Waals surface area contributed by atoms with Crippen molar-refractivity contribution in [3.8, 4) is 11.5 Å². The molecule has 2 rings (SSSR count). The number of rotatable bonds is 6. The molecule has 0 spiro atoms. The van der Waals surface area contributed by atoms with Crippen LogP contribution in [0.1, 0.15) is 39.1 Å². The first-order chi connectivity index (χ1) is 10.8. The second kappa shape index (κ2) is 7.27. The van der Waals surface area contributed by atoms with Crippen molar-refractivity contribution >= 4 is 17.2 Å². The van der Waals surface area contributed by atoms with Crippen LogP contribution < -0.4 is 5.32 Å². The monoisotopic (exact) mass is 335 g/mol. The van der Waals surface area contributed by atoms with Crippen molar-refractivity contribution in [3.63, 3.8) is 0 Å². The highest BCUT2D eigenvalue weighted by Gasteiger charge is 2.19. The molecule has 0 aliphatic rings. The Morgan fingerprint density at radius 2 is 2.17 bits per heavy atom. The fraction of sp³-hybridized carbons (Fsp3) is 0.529. The molecule has 0 unspecified atom stereocenters. The molecular weight excluding hydrogens is 310 g/mol. The van der Waals surface area contributed by atoms with E-state index in [4.69, 9.17) is 4.42 Å². The summed E-state index contributed by atoms with van der Waals surface area (Å²) in [4.78, 5) is 18.7. The number of hydrogen-bond donors (Lipinski definition) is 1. The third-order valence-corrected chi connectivity index (χ3v) is 4.05. The first-order valence-electron chi connectivity index (χ1n) is 7.80. The number of likely N-dealkylation sites (N-methyl/N-ethyl adjacent to an activating group) is 1. The number of aryl methyl sites for hydroxylation is 1. The van der Waals surface area contributed by atoms with Crippen LogP contribution >= 0.6 is 11.3 Å². The van der Waals surface area contributed by atoms with E-state index in [9.17, 15) is 4.79 Å². The molecular formula is C17H25N3O2S. The Balaban J connectivity index is 2.03. The van der Waals surface area contributed by atoms with Gasteiger partial charge in [-0.3, -0.25) is 9.69 Å². The molecule has 0 saturated heterocycles. The quantitative estimate of drug-likeness (QED) is 0.878. The van der Waals surface area contributed by atoms with Gasteiger partial charge in [0.15, 0.2) is 0 Å². The summed E-state index contributed by atoms with van der Waals surface area (Å²) < 4.78 is 5.76. The van der Waals surface area contributed by atoms with Crippen LogP contribution in [0.25, 0.3) is 11.5 Å². The lowest BCUT2D eigenvalue weighted by atomic mass is 10.1. The van der Waals surface area contributed by atoms with Gasteiger partial charge >= 0.3 is 0 Å². The van der Waals surface area contributed by atoms with E-state index >= 15 is 0 Å². The van der Waals surface area contributed by atoms with Crippen molar-refractivity contribution in [2.45, 2.75) is 46.7 Å². The maximum atomic E-state index is 12.1. The van der Waals surface area contributed by atoms with Crippen molar-refractivity contribution in [2.24, 2.45) is 0 Å². The first kappa shape index (κ1) is 17.7. The van der Waals surface area contributed by atoms with E-state index in [1.54, 1.807) is 11.3 Å². The zero-order valence-corrected chi connectivity index (χ0v) is 15.3. The van der Waals surface area contributed by atoms with Crippen molar-refractivity contribution in [1.29, 1.82) is 0 Å². The van der Waals surface area contributed by atoms with Gasteiger partial charge in [-0.1, -0.05) is 6.92 Å². The van der Waals surface area contributed by atoms with Gasteiger partial charge in [0.2, 0.25) is 11.8 Å². The van der Waals surface area contributed by atoms with Crippen LogP contribution in [0.15, 0.2) is 21.2 Å². The topological polar surface area (TPSA) is 58.4 Å². The maximum absolute atomic E-state index is 12.1. The van der Waals surface area contributed by atoms with Gasteiger partial charge in [0, 0.05) is 23.0 Å². The zero-order valence-electron chi connectivity index (χ0n) is 14.5. The molecule has 1 amide bonds. The highest BCUT2D eigenvalue weighted by Crippen LogP contribution is 2.24. The largest absolute Gasteiger partial charge is 0.441 e. The van der Waals surface area contributed by atoms with Gasteiger partial charge in [0.1, 0.15) is 5.76 Å². The second-order valence-corrected chi connectivity index (χ2v) is 7.42. The Hall–Kier alpha value is -1.66. The number of nitrogens with zero attached hydrogens (tertiary/aromatic N) is 2. The number of oxazole rings is 1. The summed E-state index contributed by atoms with van der Waals surface area (Å²) in [5.74, 6) is 1.48. The fourth-order valence-electron chi connectivity index (χ4n) is 2.24. The standard InChI is InChI=1S/C17H25N3O2S/c1-6-20(10-15(21)19-17(3,4)5)9-14-12(2)22-16(18-14)13-7-8-23-11-13/h7-8,11H,6,9-10H2,1-5H3,(H,19,21). The number of thiophene rings is 1. The van der Waals surface area contributed by atoms with E-state index in [0.29, 0.717) is 19.0 Å². The van der Waals surface area contributed by atoms with Crippen molar-refractivity contribution in [1.82, 2.24) is 15.2 Å². The molecule has 126 valence electrons. The smallest absolute Gasteiger partial charge is 0.234 e. The number of carbonyl (C=O) groups excluding carboxylic acids is 1. The van der Waals surface area contributed by atoms with Gasteiger partial charge in [-0.15, -0.1) is 0 Å². The Morgan fingerprint density at radius 3 is 2.74 bits per heavy atom. The predicted octanol–water partition coefficient (Wildman–Crippen LogP) is 3.45. The zero-order chi connectivity index (χ0) is 17.0. The minimum absolute atomic E-state index is 0.0264. The molecule has 5 nitrogen and oxygen atoms in total. The minimum Gasteiger partial charge on any atom is -0.441 e. The number of nitrogens with one attached hydrogen (secondary N) is 1. The van der Waals surface area contributed by atoms with Gasteiger partial charge in [-0.2, -0.15) is 11.3 Å². The van der Waals surface area contributed by atoms with Gasteiger partial charge in [-0.05, 0) is 45.7 Å². The Morgan fingerprint density at radius 1 is 1.43 bits per heavy atom. The van der Waals surface area contributed by atoms with E-state index in [0.717, 1.165) is 23.6 Å². The molecule has 0 bridgehead atoms. The summed E-state index contributed by atoms with van der Waals surface area (Å²) in [6.45, 7) is 11.6. The number of carbonyl (C=O) groups is 1. The van der Waals surface area contributed by atoms with Crippen LogP contribution in [-0.2, 0) is 11.3 Å². The van der Waals surface area contributed by atoms with Crippen LogP contribution in [0.3, 0.4) is 0 Å². The van der Waals surface area contributed by atoms with Crippen molar-refractivity contribution < 1.29 is 9.21 Å². The SMILES string of the molecule is CCN(CC(=O)NC(C)(C)C)Cc1nc(-c2ccsc2)oc1C. The summed E-state index contributed by atoms with van der Waals surface area (Å²) in [7, 11) is 0. The Labute approximate surface area is 141 Å². The molecule has 0 aromatic carbocycles. The van der Waals surface area contributed by atoms with Gasteiger partial charge in [0.05, 0.1) is 12.2 Å². The highest BCUT2D eigenvalue weighted by molar-refractivity contribution is 7.08. The van der Waals surface area contributed by atoms with E-state index in [1.807, 2.05) is 51.4 Å². The van der Waals surface area contributed by atoms with Crippen LogP contribution in [0.5, 0.6) is 0 Å². The molecule has 2 aromatic rings. The molecule has 1 N–H and O–H groups in total. The molecule has 0 saturated carbocycles. The van der Waals surface area contributed by atoms with Crippen LogP contribution in [-0.4, -0.2) is 34.4 Å². The first-order valence-corrected chi connectivity index (χ1v) is 8.75. The molecule has 2 heterocycles. The number of hydrogen-bond acceptors (Lipinski definition) is 5. The number of amides is 1. The molecule has 0 fully saturated rings. The molecule has 23 heavy (non-hydrogen) atoms. The van der Waals surface area contributed by atoms with Crippen LogP contribution in [0.4, 0.5) is 0 Å². The fourth-order valence-corrected chi connectivity index (χ4v) is 2.87. The van der Waals surface area contributed by atoms with Gasteiger partial charge in [-0.25, -0.2) is 4.98 Å². The highest BCUT2D eigenvalue weighted by atomic mass is 32.1. The molecule has 6 heteroatoms. The van der Waals surface area contributed by atoms with E-state index in [2.05, 4.69) is 15.2 Å². The van der Waals surface area contributed by atoms with Crippen molar-refractivity contribution in [3.05, 3.63) is 28.3 Å². The summed E-state index contributed by atoms with van der Waals surface area (Å²) >= 11 is 1.62. The summed E-state index contributed by atoms with van der Waals surface area (Å²) in [5, 5.41) is 7.01. The predicted molar refractivity (Wildman–Crippen MR) is 93.4 cm³/mol. The van der Waals surface area contributed by atoms with E-state index < -0.39 is 0 Å². The average molecular weight is 335 g/mol. The van der Waals surface area contributed by atoms with E-state index in [-0.39, 0.29) is 11.4 Å². The molecule has 0 atom stereocenters. The lowest BCUT2D eigenvalue weighted by molar-refractivity contribution is -0.123. The third kappa shape index (κ3) is 5.18. The van der Waals surface area contributed by atoms with Crippen LogP contribution in [0.2, 0.25) is 0 Å². The Bertz CT molecular complexity index is 641. The molecule has 0 aliphatic heterocycles. The maximum Gasteiger partial charge on any atom is 0.234 e. The molecule has 0 aliphatic carbocycles.